The van der Waals surface area contributed by atoms with E-state index in [2.05, 4.69) is 14.3 Å². The molecule has 0 aliphatic carbocycles. The average Bonchev–Trinajstić information content (AvgIpc) is 2.70. The molecule has 2 aromatic heterocycles. The number of nitrogens with zero attached hydrogens (tertiary/aromatic N) is 3. The number of hydrogen-bond donors (Lipinski definition) is 1. The van der Waals surface area contributed by atoms with E-state index >= 15 is 0 Å². The standard InChI is InChI=1S/C10H11ClN4O2S/c1-3-4-6-7(11)13-9(17)15(8(6)16)10-12-5(2)14-18-10/h3-4H2,1-2H3,(H,13,17). The summed E-state index contributed by atoms with van der Waals surface area (Å²) in [6, 6.07) is 0. The van der Waals surface area contributed by atoms with Crippen LogP contribution in [0.2, 0.25) is 5.15 Å². The fourth-order valence-electron chi connectivity index (χ4n) is 1.56. The van der Waals surface area contributed by atoms with E-state index in [0.717, 1.165) is 22.5 Å². The molecule has 0 bridgehead atoms. The van der Waals surface area contributed by atoms with Gasteiger partial charge in [-0.15, -0.1) is 0 Å². The number of H-pyrrole nitrogens is 1. The molecule has 0 saturated heterocycles. The van der Waals surface area contributed by atoms with Crippen LogP contribution in [0.5, 0.6) is 0 Å². The van der Waals surface area contributed by atoms with Crippen LogP contribution in [-0.4, -0.2) is 18.9 Å². The zero-order chi connectivity index (χ0) is 13.3. The van der Waals surface area contributed by atoms with Crippen LogP contribution in [0.1, 0.15) is 24.7 Å². The minimum atomic E-state index is -0.596. The van der Waals surface area contributed by atoms with E-state index < -0.39 is 11.2 Å². The highest BCUT2D eigenvalue weighted by atomic mass is 35.5. The van der Waals surface area contributed by atoms with Crippen LogP contribution in [0.4, 0.5) is 0 Å². The first-order chi connectivity index (χ1) is 8.54. The molecule has 0 atom stereocenters. The molecule has 1 N–H and O–H groups in total. The average molecular weight is 287 g/mol. The third-order valence-electron chi connectivity index (χ3n) is 2.35. The lowest BCUT2D eigenvalue weighted by Crippen LogP contribution is -2.36. The molecule has 6 nitrogen and oxygen atoms in total. The Morgan fingerprint density at radius 3 is 2.72 bits per heavy atom. The van der Waals surface area contributed by atoms with Crippen molar-refractivity contribution in [3.8, 4) is 5.13 Å². The van der Waals surface area contributed by atoms with Crippen LogP contribution in [-0.2, 0) is 6.42 Å². The van der Waals surface area contributed by atoms with Crippen molar-refractivity contribution in [1.29, 1.82) is 0 Å². The summed E-state index contributed by atoms with van der Waals surface area (Å²) in [5.74, 6) is 0.522. The molecule has 2 aromatic rings. The molecular weight excluding hydrogens is 276 g/mol. The molecule has 0 saturated carbocycles. The summed E-state index contributed by atoms with van der Waals surface area (Å²) in [7, 11) is 0. The van der Waals surface area contributed by atoms with Crippen LogP contribution in [0.25, 0.3) is 5.13 Å². The second-order valence-electron chi connectivity index (χ2n) is 3.74. The van der Waals surface area contributed by atoms with Crippen molar-refractivity contribution in [2.24, 2.45) is 0 Å². The Bertz CT molecular complexity index is 688. The molecule has 0 spiro atoms. The number of aromatic amines is 1. The summed E-state index contributed by atoms with van der Waals surface area (Å²) in [5.41, 5.74) is -0.630. The van der Waals surface area contributed by atoms with Crippen LogP contribution in [0.3, 0.4) is 0 Å². The van der Waals surface area contributed by atoms with E-state index in [1.54, 1.807) is 6.92 Å². The highest BCUT2D eigenvalue weighted by molar-refractivity contribution is 7.08. The van der Waals surface area contributed by atoms with E-state index in [4.69, 9.17) is 11.6 Å². The fraction of sp³-hybridized carbons (Fsp3) is 0.400. The quantitative estimate of drug-likeness (QED) is 0.862. The number of rotatable bonds is 3. The summed E-state index contributed by atoms with van der Waals surface area (Å²) < 4.78 is 4.93. The maximum absolute atomic E-state index is 12.2. The Labute approximate surface area is 111 Å². The van der Waals surface area contributed by atoms with E-state index in [0.29, 0.717) is 17.8 Å². The number of nitrogens with one attached hydrogen (secondary N) is 1. The maximum Gasteiger partial charge on any atom is 0.336 e. The monoisotopic (exact) mass is 286 g/mol. The number of hydrogen-bond acceptors (Lipinski definition) is 5. The zero-order valence-corrected chi connectivity index (χ0v) is 11.4. The van der Waals surface area contributed by atoms with Crippen LogP contribution in [0.15, 0.2) is 9.59 Å². The van der Waals surface area contributed by atoms with Gasteiger partial charge in [-0.2, -0.15) is 4.37 Å². The van der Waals surface area contributed by atoms with Gasteiger partial charge in [0.2, 0.25) is 5.13 Å². The predicted molar refractivity (Wildman–Crippen MR) is 69.9 cm³/mol. The molecule has 8 heteroatoms. The van der Waals surface area contributed by atoms with Crippen LogP contribution < -0.4 is 11.2 Å². The molecule has 0 radical (unpaired) electrons. The third-order valence-corrected chi connectivity index (χ3v) is 3.47. The van der Waals surface area contributed by atoms with E-state index in [1.165, 1.54) is 0 Å². The SMILES string of the molecule is CCCc1c(Cl)[nH]c(=O)n(-c2nc(C)ns2)c1=O. The van der Waals surface area contributed by atoms with E-state index in [1.807, 2.05) is 6.92 Å². The van der Waals surface area contributed by atoms with Crippen LogP contribution >= 0.6 is 23.1 Å². The van der Waals surface area contributed by atoms with Gasteiger partial charge in [-0.25, -0.2) is 14.3 Å². The highest BCUT2D eigenvalue weighted by Gasteiger charge is 2.15. The van der Waals surface area contributed by atoms with Gasteiger partial charge in [0.15, 0.2) is 0 Å². The molecule has 96 valence electrons. The van der Waals surface area contributed by atoms with Gasteiger partial charge in [0, 0.05) is 11.5 Å². The highest BCUT2D eigenvalue weighted by Crippen LogP contribution is 2.11. The minimum Gasteiger partial charge on any atom is -0.297 e. The Morgan fingerprint density at radius 2 is 2.17 bits per heavy atom. The Balaban J connectivity index is 2.72. The molecule has 0 amide bonds. The second-order valence-corrected chi connectivity index (χ2v) is 4.85. The van der Waals surface area contributed by atoms with Gasteiger partial charge in [0.1, 0.15) is 11.0 Å². The van der Waals surface area contributed by atoms with Crippen molar-refractivity contribution in [2.75, 3.05) is 0 Å². The van der Waals surface area contributed by atoms with Crippen molar-refractivity contribution < 1.29 is 0 Å². The Hall–Kier alpha value is -1.47. The molecule has 2 heterocycles. The van der Waals surface area contributed by atoms with Gasteiger partial charge >= 0.3 is 5.69 Å². The second kappa shape index (κ2) is 5.03. The van der Waals surface area contributed by atoms with E-state index in [9.17, 15) is 9.59 Å². The van der Waals surface area contributed by atoms with Crippen molar-refractivity contribution in [3.63, 3.8) is 0 Å². The van der Waals surface area contributed by atoms with Crippen molar-refractivity contribution in [2.45, 2.75) is 26.7 Å². The molecular formula is C10H11ClN4O2S. The molecule has 0 aliphatic rings. The lowest BCUT2D eigenvalue weighted by molar-refractivity contribution is 0.805. The number of aromatic nitrogens is 4. The zero-order valence-electron chi connectivity index (χ0n) is 9.86. The molecule has 2 rings (SSSR count). The van der Waals surface area contributed by atoms with Crippen LogP contribution in [0, 0.1) is 6.92 Å². The predicted octanol–water partition coefficient (Wildman–Crippen LogP) is 1.29. The van der Waals surface area contributed by atoms with Crippen molar-refractivity contribution in [1.82, 2.24) is 18.9 Å². The van der Waals surface area contributed by atoms with Gasteiger partial charge in [0.25, 0.3) is 5.56 Å². The smallest absolute Gasteiger partial charge is 0.297 e. The molecule has 0 unspecified atom stereocenters. The van der Waals surface area contributed by atoms with Gasteiger partial charge in [0.05, 0.1) is 5.56 Å². The normalized spacial score (nSPS) is 10.8. The number of aryl methyl sites for hydroxylation is 1. The molecule has 0 fully saturated rings. The third kappa shape index (κ3) is 2.23. The summed E-state index contributed by atoms with van der Waals surface area (Å²) in [4.78, 5) is 30.5. The molecule has 0 aromatic carbocycles. The summed E-state index contributed by atoms with van der Waals surface area (Å²) >= 11 is 6.88. The molecule has 18 heavy (non-hydrogen) atoms. The van der Waals surface area contributed by atoms with Crippen molar-refractivity contribution in [3.05, 3.63) is 37.4 Å². The molecule has 0 aliphatic heterocycles. The van der Waals surface area contributed by atoms with Gasteiger partial charge < -0.3 is 0 Å². The fourth-order valence-corrected chi connectivity index (χ4v) is 2.49. The van der Waals surface area contributed by atoms with Gasteiger partial charge in [-0.1, -0.05) is 24.9 Å². The summed E-state index contributed by atoms with van der Waals surface area (Å²) in [6.45, 7) is 3.63. The first kappa shape index (κ1) is 13.0. The first-order valence-electron chi connectivity index (χ1n) is 5.39. The Kier molecular flexibility index (Phi) is 3.63. The lowest BCUT2D eigenvalue weighted by atomic mass is 10.2. The van der Waals surface area contributed by atoms with Gasteiger partial charge in [-0.05, 0) is 13.3 Å². The van der Waals surface area contributed by atoms with Crippen molar-refractivity contribution >= 4 is 23.1 Å². The minimum absolute atomic E-state index is 0.101. The summed E-state index contributed by atoms with van der Waals surface area (Å²) in [5, 5.41) is 0.358. The summed E-state index contributed by atoms with van der Waals surface area (Å²) in [6.07, 6.45) is 1.27. The largest absolute Gasteiger partial charge is 0.336 e. The first-order valence-corrected chi connectivity index (χ1v) is 6.54. The maximum atomic E-state index is 12.2. The topological polar surface area (TPSA) is 80.6 Å². The van der Waals surface area contributed by atoms with E-state index in [-0.39, 0.29) is 10.3 Å². The number of halogens is 1. The van der Waals surface area contributed by atoms with Gasteiger partial charge in [-0.3, -0.25) is 9.78 Å². The lowest BCUT2D eigenvalue weighted by Gasteiger charge is -2.05. The Morgan fingerprint density at radius 1 is 1.44 bits per heavy atom.